The minimum absolute atomic E-state index is 0.0522. The number of Topliss-reactive ketones (excluding diaryl/α,β-unsaturated/α-hetero) is 1. The largest absolute Gasteiger partial charge is 0.452 e. The number of aryl methyl sites for hydroxylation is 1. The Morgan fingerprint density at radius 1 is 1.10 bits per heavy atom. The summed E-state index contributed by atoms with van der Waals surface area (Å²) in [6, 6.07) is 13.7. The number of hydrogen-bond donors (Lipinski definition) is 1. The van der Waals surface area contributed by atoms with E-state index in [0.29, 0.717) is 22.6 Å². The summed E-state index contributed by atoms with van der Waals surface area (Å²) in [5, 5.41) is 4.62. The van der Waals surface area contributed by atoms with Crippen LogP contribution >= 0.6 is 23.1 Å². The lowest BCUT2D eigenvalue weighted by atomic mass is 10.1. The van der Waals surface area contributed by atoms with Crippen molar-refractivity contribution in [1.82, 2.24) is 4.98 Å². The number of carbonyl (C=O) groups is 3. The fourth-order valence-corrected chi connectivity index (χ4v) is 4.43. The van der Waals surface area contributed by atoms with Crippen LogP contribution in [-0.4, -0.2) is 29.3 Å². The average molecular weight is 441 g/mol. The second-order valence-electron chi connectivity index (χ2n) is 6.46. The second-order valence-corrected chi connectivity index (χ2v) is 8.54. The van der Waals surface area contributed by atoms with Crippen LogP contribution in [0.5, 0.6) is 0 Å². The molecule has 3 rings (SSSR count). The van der Waals surface area contributed by atoms with Crippen LogP contribution in [0.15, 0.2) is 58.3 Å². The van der Waals surface area contributed by atoms with E-state index in [1.165, 1.54) is 6.92 Å². The van der Waals surface area contributed by atoms with E-state index in [9.17, 15) is 14.4 Å². The fraction of sp³-hybridized carbons (Fsp3) is 0.182. The number of thiazole rings is 1. The number of nitrogens with one attached hydrogen (secondary N) is 1. The molecule has 0 spiro atoms. The van der Waals surface area contributed by atoms with Gasteiger partial charge < -0.3 is 10.1 Å². The number of anilines is 1. The number of benzene rings is 2. The number of thioether (sulfide) groups is 1. The van der Waals surface area contributed by atoms with Crippen molar-refractivity contribution in [2.75, 3.05) is 11.9 Å². The molecule has 0 saturated heterocycles. The standard InChI is InChI=1S/C22H20N2O4S2/c1-14-12-29-22(23-14)30-13-17-5-3-4-6-19(17)21(27)28-11-20(26)24-18-9-7-16(8-10-18)15(2)25/h3-10,12H,11,13H2,1-2H3,(H,24,26). The zero-order valence-electron chi connectivity index (χ0n) is 16.5. The summed E-state index contributed by atoms with van der Waals surface area (Å²) in [6.07, 6.45) is 0. The Kier molecular flexibility index (Phi) is 7.37. The van der Waals surface area contributed by atoms with E-state index in [1.807, 2.05) is 24.4 Å². The molecule has 30 heavy (non-hydrogen) atoms. The van der Waals surface area contributed by atoms with Gasteiger partial charge in [0, 0.05) is 28.1 Å². The summed E-state index contributed by atoms with van der Waals surface area (Å²) in [5.41, 5.74) is 3.30. The van der Waals surface area contributed by atoms with E-state index in [1.54, 1.807) is 59.5 Å². The molecule has 8 heteroatoms. The minimum Gasteiger partial charge on any atom is -0.452 e. The van der Waals surface area contributed by atoms with Gasteiger partial charge in [-0.1, -0.05) is 30.0 Å². The quantitative estimate of drug-likeness (QED) is 0.309. The van der Waals surface area contributed by atoms with Crippen molar-refractivity contribution < 1.29 is 19.1 Å². The number of ketones is 1. The molecule has 0 aliphatic heterocycles. The molecule has 6 nitrogen and oxygen atoms in total. The Hall–Kier alpha value is -2.97. The maximum atomic E-state index is 12.5. The number of nitrogens with zero attached hydrogens (tertiary/aromatic N) is 1. The van der Waals surface area contributed by atoms with Gasteiger partial charge >= 0.3 is 5.97 Å². The van der Waals surface area contributed by atoms with Crippen molar-refractivity contribution in [3.05, 3.63) is 76.3 Å². The van der Waals surface area contributed by atoms with Crippen molar-refractivity contribution in [2.24, 2.45) is 0 Å². The van der Waals surface area contributed by atoms with Crippen molar-refractivity contribution >= 4 is 46.4 Å². The molecule has 0 radical (unpaired) electrons. The molecular formula is C22H20N2O4S2. The van der Waals surface area contributed by atoms with Gasteiger partial charge in [-0.2, -0.15) is 0 Å². The summed E-state index contributed by atoms with van der Waals surface area (Å²) < 4.78 is 6.13. The van der Waals surface area contributed by atoms with Gasteiger partial charge in [0.15, 0.2) is 12.4 Å². The molecule has 0 aliphatic carbocycles. The highest BCUT2D eigenvalue weighted by Gasteiger charge is 2.15. The summed E-state index contributed by atoms with van der Waals surface area (Å²) in [7, 11) is 0. The molecule has 0 atom stereocenters. The first-order valence-corrected chi connectivity index (χ1v) is 11.0. The van der Waals surface area contributed by atoms with Crippen LogP contribution < -0.4 is 5.32 Å². The lowest BCUT2D eigenvalue weighted by Crippen LogP contribution is -2.21. The Balaban J connectivity index is 1.55. The Morgan fingerprint density at radius 3 is 2.50 bits per heavy atom. The summed E-state index contributed by atoms with van der Waals surface area (Å²) in [5.74, 6) is -0.483. The Morgan fingerprint density at radius 2 is 1.83 bits per heavy atom. The molecule has 3 aromatic rings. The third-order valence-electron chi connectivity index (χ3n) is 4.10. The van der Waals surface area contributed by atoms with Crippen molar-refractivity contribution in [3.63, 3.8) is 0 Å². The maximum absolute atomic E-state index is 12.5. The first-order valence-electron chi connectivity index (χ1n) is 9.13. The van der Waals surface area contributed by atoms with E-state index >= 15 is 0 Å². The van der Waals surface area contributed by atoms with E-state index in [-0.39, 0.29) is 5.78 Å². The van der Waals surface area contributed by atoms with Crippen molar-refractivity contribution in [2.45, 2.75) is 23.9 Å². The zero-order chi connectivity index (χ0) is 21.5. The molecule has 0 bridgehead atoms. The van der Waals surface area contributed by atoms with E-state index in [2.05, 4.69) is 10.3 Å². The number of aromatic nitrogens is 1. The van der Waals surface area contributed by atoms with Crippen molar-refractivity contribution in [3.8, 4) is 0 Å². The summed E-state index contributed by atoms with van der Waals surface area (Å²) >= 11 is 3.12. The monoisotopic (exact) mass is 440 g/mol. The molecule has 0 fully saturated rings. The highest BCUT2D eigenvalue weighted by atomic mass is 32.2. The lowest BCUT2D eigenvalue weighted by molar-refractivity contribution is -0.119. The average Bonchev–Trinajstić information content (AvgIpc) is 3.16. The number of hydrogen-bond acceptors (Lipinski definition) is 7. The topological polar surface area (TPSA) is 85.4 Å². The van der Waals surface area contributed by atoms with Gasteiger partial charge in [-0.05, 0) is 49.7 Å². The smallest absolute Gasteiger partial charge is 0.338 e. The van der Waals surface area contributed by atoms with Crippen LogP contribution in [0, 0.1) is 6.92 Å². The predicted molar refractivity (Wildman–Crippen MR) is 118 cm³/mol. The molecule has 0 unspecified atom stereocenters. The SMILES string of the molecule is CC(=O)c1ccc(NC(=O)COC(=O)c2ccccc2CSc2nc(C)cs2)cc1. The van der Waals surface area contributed by atoms with Gasteiger partial charge in [0.05, 0.1) is 5.56 Å². The number of esters is 1. The first kappa shape index (κ1) is 21.7. The van der Waals surface area contributed by atoms with Gasteiger partial charge in [-0.25, -0.2) is 9.78 Å². The molecule has 1 amide bonds. The number of amides is 1. The highest BCUT2D eigenvalue weighted by Crippen LogP contribution is 2.27. The van der Waals surface area contributed by atoms with E-state index in [0.717, 1.165) is 15.6 Å². The summed E-state index contributed by atoms with van der Waals surface area (Å²) in [6.45, 7) is 3.01. The lowest BCUT2D eigenvalue weighted by Gasteiger charge is -2.10. The Bertz CT molecular complexity index is 1060. The van der Waals surface area contributed by atoms with Crippen LogP contribution in [0.3, 0.4) is 0 Å². The fourth-order valence-electron chi connectivity index (χ4n) is 2.58. The van der Waals surface area contributed by atoms with E-state index < -0.39 is 18.5 Å². The van der Waals surface area contributed by atoms with Crippen LogP contribution in [0.1, 0.15) is 38.9 Å². The van der Waals surface area contributed by atoms with Crippen LogP contribution in [0.2, 0.25) is 0 Å². The summed E-state index contributed by atoms with van der Waals surface area (Å²) in [4.78, 5) is 40.3. The Labute approximate surface area is 182 Å². The third-order valence-corrected chi connectivity index (χ3v) is 6.28. The third kappa shape index (κ3) is 6.01. The number of carbonyl (C=O) groups excluding carboxylic acids is 3. The molecule has 0 aliphatic rings. The van der Waals surface area contributed by atoms with Gasteiger partial charge in [0.1, 0.15) is 4.34 Å². The van der Waals surface area contributed by atoms with Gasteiger partial charge in [0.25, 0.3) is 5.91 Å². The predicted octanol–water partition coefficient (Wildman–Crippen LogP) is 4.74. The maximum Gasteiger partial charge on any atom is 0.338 e. The molecule has 2 aromatic carbocycles. The van der Waals surface area contributed by atoms with Gasteiger partial charge in [-0.15, -0.1) is 11.3 Å². The van der Waals surface area contributed by atoms with Crippen molar-refractivity contribution in [1.29, 1.82) is 0 Å². The van der Waals surface area contributed by atoms with Gasteiger partial charge in [0.2, 0.25) is 0 Å². The van der Waals surface area contributed by atoms with Crippen LogP contribution in [0.4, 0.5) is 5.69 Å². The zero-order valence-corrected chi connectivity index (χ0v) is 18.1. The normalized spacial score (nSPS) is 10.5. The van der Waals surface area contributed by atoms with Crippen LogP contribution in [-0.2, 0) is 15.3 Å². The van der Waals surface area contributed by atoms with E-state index in [4.69, 9.17) is 4.74 Å². The van der Waals surface area contributed by atoms with Gasteiger partial charge in [-0.3, -0.25) is 9.59 Å². The molecule has 1 N–H and O–H groups in total. The molecule has 1 heterocycles. The molecule has 1 aromatic heterocycles. The minimum atomic E-state index is -0.552. The number of ether oxygens (including phenoxy) is 1. The highest BCUT2D eigenvalue weighted by molar-refractivity contribution is 8.00. The molecular weight excluding hydrogens is 420 g/mol. The first-order chi connectivity index (χ1) is 14.4. The van der Waals surface area contributed by atoms with Crippen LogP contribution in [0.25, 0.3) is 0 Å². The molecule has 0 saturated carbocycles. The number of rotatable bonds is 8. The second kappa shape index (κ2) is 10.2. The molecule has 154 valence electrons.